The molecule has 0 aliphatic carbocycles. The molecule has 17 heavy (non-hydrogen) atoms. The van der Waals surface area contributed by atoms with Crippen molar-refractivity contribution in [3.63, 3.8) is 0 Å². The lowest BCUT2D eigenvalue weighted by Gasteiger charge is -2.15. The first-order valence-corrected chi connectivity index (χ1v) is 5.75. The van der Waals surface area contributed by atoms with Crippen LogP contribution in [-0.2, 0) is 11.2 Å². The first kappa shape index (κ1) is 15.9. The Labute approximate surface area is 109 Å². The highest BCUT2D eigenvalue weighted by Crippen LogP contribution is 2.21. The normalized spacial score (nSPS) is 11.5. The van der Waals surface area contributed by atoms with Gasteiger partial charge in [0.1, 0.15) is 0 Å². The third-order valence-electron chi connectivity index (χ3n) is 2.76. The molecular formula is C13H21ClN2O. The minimum Gasteiger partial charge on any atom is -0.324 e. The van der Waals surface area contributed by atoms with Gasteiger partial charge < -0.3 is 11.1 Å². The fourth-order valence-corrected chi connectivity index (χ4v) is 1.60. The summed E-state index contributed by atoms with van der Waals surface area (Å²) in [5, 5.41) is 2.92. The van der Waals surface area contributed by atoms with Gasteiger partial charge >= 0.3 is 0 Å². The van der Waals surface area contributed by atoms with Gasteiger partial charge in [-0.05, 0) is 30.9 Å². The van der Waals surface area contributed by atoms with Crippen molar-refractivity contribution >= 4 is 24.0 Å². The zero-order valence-corrected chi connectivity index (χ0v) is 11.4. The summed E-state index contributed by atoms with van der Waals surface area (Å²) in [6.07, 6.45) is 1.55. The molecule has 0 spiro atoms. The quantitative estimate of drug-likeness (QED) is 0.870. The van der Waals surface area contributed by atoms with Crippen molar-refractivity contribution in [1.29, 1.82) is 0 Å². The molecule has 1 rings (SSSR count). The highest BCUT2D eigenvalue weighted by Gasteiger charge is 2.13. The maximum Gasteiger partial charge on any atom is 0.241 e. The lowest BCUT2D eigenvalue weighted by atomic mass is 10.1. The lowest BCUT2D eigenvalue weighted by molar-refractivity contribution is -0.117. The van der Waals surface area contributed by atoms with Gasteiger partial charge in [0.15, 0.2) is 0 Å². The number of amides is 1. The molecule has 1 unspecified atom stereocenters. The van der Waals surface area contributed by atoms with E-state index in [4.69, 9.17) is 5.73 Å². The maximum absolute atomic E-state index is 11.7. The second-order valence-electron chi connectivity index (χ2n) is 3.97. The highest BCUT2D eigenvalue weighted by molar-refractivity contribution is 5.96. The fraction of sp³-hybridized carbons (Fsp3) is 0.462. The molecule has 0 aromatic heterocycles. The molecule has 1 atom stereocenters. The number of benzene rings is 1. The first-order chi connectivity index (χ1) is 7.60. The number of nitrogens with one attached hydrogen (secondary N) is 1. The number of para-hydroxylation sites is 1. The van der Waals surface area contributed by atoms with Gasteiger partial charge in [0.25, 0.3) is 0 Å². The summed E-state index contributed by atoms with van der Waals surface area (Å²) in [4.78, 5) is 11.7. The van der Waals surface area contributed by atoms with Crippen LogP contribution in [0.15, 0.2) is 18.2 Å². The van der Waals surface area contributed by atoms with E-state index in [0.29, 0.717) is 6.42 Å². The molecule has 3 N–H and O–H groups in total. The van der Waals surface area contributed by atoms with E-state index in [2.05, 4.69) is 12.2 Å². The summed E-state index contributed by atoms with van der Waals surface area (Å²) in [6, 6.07) is 5.60. The number of halogens is 1. The average molecular weight is 257 g/mol. The van der Waals surface area contributed by atoms with Crippen LogP contribution in [0.25, 0.3) is 0 Å². The Kier molecular flexibility index (Phi) is 6.85. The van der Waals surface area contributed by atoms with E-state index >= 15 is 0 Å². The van der Waals surface area contributed by atoms with E-state index in [0.717, 1.165) is 23.2 Å². The predicted molar refractivity (Wildman–Crippen MR) is 74.7 cm³/mol. The van der Waals surface area contributed by atoms with Crippen molar-refractivity contribution in [2.75, 3.05) is 5.32 Å². The van der Waals surface area contributed by atoms with Crippen LogP contribution in [-0.4, -0.2) is 11.9 Å². The molecular weight excluding hydrogens is 236 g/mol. The highest BCUT2D eigenvalue weighted by atomic mass is 35.5. The van der Waals surface area contributed by atoms with Crippen LogP contribution in [0.4, 0.5) is 5.69 Å². The minimum atomic E-state index is -0.427. The molecule has 0 saturated heterocycles. The Morgan fingerprint density at radius 1 is 1.41 bits per heavy atom. The Morgan fingerprint density at radius 2 is 2.06 bits per heavy atom. The van der Waals surface area contributed by atoms with E-state index in [1.54, 1.807) is 0 Å². The van der Waals surface area contributed by atoms with Crippen LogP contribution in [0.5, 0.6) is 0 Å². The molecule has 0 radical (unpaired) electrons. The predicted octanol–water partition coefficient (Wildman–Crippen LogP) is 2.66. The van der Waals surface area contributed by atoms with Crippen molar-refractivity contribution in [2.45, 2.75) is 39.7 Å². The molecule has 1 amide bonds. The van der Waals surface area contributed by atoms with Gasteiger partial charge in [0, 0.05) is 5.69 Å². The number of carbonyl (C=O) groups excluding carboxylic acids is 1. The SMILES string of the molecule is CCc1cccc(C)c1NC(=O)C(N)CC.Cl. The van der Waals surface area contributed by atoms with Gasteiger partial charge in [-0.3, -0.25) is 4.79 Å². The molecule has 0 heterocycles. The molecule has 0 saturated carbocycles. The second kappa shape index (κ2) is 7.30. The summed E-state index contributed by atoms with van der Waals surface area (Å²) in [5.41, 5.74) is 8.84. The van der Waals surface area contributed by atoms with Gasteiger partial charge in [-0.15, -0.1) is 12.4 Å². The van der Waals surface area contributed by atoms with Crippen LogP contribution >= 0.6 is 12.4 Å². The standard InChI is InChI=1S/C13H20N2O.ClH/c1-4-10-8-6-7-9(3)12(10)15-13(16)11(14)5-2;/h6-8,11H,4-5,14H2,1-3H3,(H,15,16);1H. The minimum absolute atomic E-state index is 0. The summed E-state index contributed by atoms with van der Waals surface area (Å²) >= 11 is 0. The van der Waals surface area contributed by atoms with Gasteiger partial charge in [0.2, 0.25) is 5.91 Å². The van der Waals surface area contributed by atoms with Crippen molar-refractivity contribution in [3.05, 3.63) is 29.3 Å². The monoisotopic (exact) mass is 256 g/mol. The molecule has 0 aliphatic heterocycles. The van der Waals surface area contributed by atoms with Gasteiger partial charge in [-0.2, -0.15) is 0 Å². The number of hydrogen-bond donors (Lipinski definition) is 2. The van der Waals surface area contributed by atoms with Crippen molar-refractivity contribution < 1.29 is 4.79 Å². The van der Waals surface area contributed by atoms with Gasteiger partial charge in [-0.25, -0.2) is 0 Å². The van der Waals surface area contributed by atoms with Crippen molar-refractivity contribution in [2.24, 2.45) is 5.73 Å². The number of rotatable bonds is 4. The smallest absolute Gasteiger partial charge is 0.241 e. The Morgan fingerprint density at radius 3 is 2.59 bits per heavy atom. The summed E-state index contributed by atoms with van der Waals surface area (Å²) in [5.74, 6) is -0.105. The van der Waals surface area contributed by atoms with E-state index in [9.17, 15) is 4.79 Å². The van der Waals surface area contributed by atoms with Crippen LogP contribution < -0.4 is 11.1 Å². The Hall–Kier alpha value is -1.06. The topological polar surface area (TPSA) is 55.1 Å². The molecule has 0 bridgehead atoms. The second-order valence-corrected chi connectivity index (χ2v) is 3.97. The summed E-state index contributed by atoms with van der Waals surface area (Å²) in [7, 11) is 0. The van der Waals surface area contributed by atoms with Crippen LogP contribution in [0, 0.1) is 6.92 Å². The molecule has 1 aromatic rings. The van der Waals surface area contributed by atoms with Crippen LogP contribution in [0.2, 0.25) is 0 Å². The Bertz CT molecular complexity index is 380. The number of anilines is 1. The molecule has 0 fully saturated rings. The van der Waals surface area contributed by atoms with Crippen molar-refractivity contribution in [1.82, 2.24) is 0 Å². The van der Waals surface area contributed by atoms with Gasteiger partial charge in [0.05, 0.1) is 6.04 Å². The Balaban J connectivity index is 0.00000256. The molecule has 1 aromatic carbocycles. The van der Waals surface area contributed by atoms with Crippen molar-refractivity contribution in [3.8, 4) is 0 Å². The van der Waals surface area contributed by atoms with Crippen LogP contribution in [0.3, 0.4) is 0 Å². The number of aryl methyl sites for hydroxylation is 2. The van der Waals surface area contributed by atoms with E-state index in [1.807, 2.05) is 32.0 Å². The third kappa shape index (κ3) is 4.02. The maximum atomic E-state index is 11.7. The molecule has 4 heteroatoms. The summed E-state index contributed by atoms with van der Waals surface area (Å²) in [6.45, 7) is 5.97. The number of carbonyl (C=O) groups is 1. The number of hydrogen-bond acceptors (Lipinski definition) is 2. The van der Waals surface area contributed by atoms with Gasteiger partial charge in [-0.1, -0.05) is 32.0 Å². The summed E-state index contributed by atoms with van der Waals surface area (Å²) < 4.78 is 0. The fourth-order valence-electron chi connectivity index (χ4n) is 1.60. The largest absolute Gasteiger partial charge is 0.324 e. The molecule has 3 nitrogen and oxygen atoms in total. The first-order valence-electron chi connectivity index (χ1n) is 5.75. The lowest BCUT2D eigenvalue weighted by Crippen LogP contribution is -2.35. The van der Waals surface area contributed by atoms with E-state index in [-0.39, 0.29) is 18.3 Å². The zero-order chi connectivity index (χ0) is 12.1. The third-order valence-corrected chi connectivity index (χ3v) is 2.76. The van der Waals surface area contributed by atoms with E-state index in [1.165, 1.54) is 0 Å². The van der Waals surface area contributed by atoms with Crippen LogP contribution in [0.1, 0.15) is 31.4 Å². The zero-order valence-electron chi connectivity index (χ0n) is 10.6. The number of nitrogens with two attached hydrogens (primary N) is 1. The molecule has 96 valence electrons. The molecule has 0 aliphatic rings. The average Bonchev–Trinajstić information content (AvgIpc) is 2.30. The van der Waals surface area contributed by atoms with E-state index < -0.39 is 6.04 Å².